The fourth-order valence-electron chi connectivity index (χ4n) is 4.15. The van der Waals surface area contributed by atoms with Crippen LogP contribution in [0.2, 0.25) is 0 Å². The summed E-state index contributed by atoms with van der Waals surface area (Å²) in [6.45, 7) is 2.02. The van der Waals surface area contributed by atoms with Gasteiger partial charge in [-0.2, -0.15) is 0 Å². The van der Waals surface area contributed by atoms with Crippen molar-refractivity contribution in [2.45, 2.75) is 20.0 Å². The number of aromatic nitrogens is 1. The Kier molecular flexibility index (Phi) is 6.67. The number of nitrogens with zero attached hydrogens (tertiary/aromatic N) is 1. The van der Waals surface area contributed by atoms with Crippen LogP contribution in [0.15, 0.2) is 54.6 Å². The average molecular weight is 487 g/mol. The number of esters is 1. The molecule has 0 saturated carbocycles. The van der Waals surface area contributed by atoms with Crippen LogP contribution in [0.25, 0.3) is 21.7 Å². The maximum Gasteiger partial charge on any atom is 0.355 e. The predicted molar refractivity (Wildman–Crippen MR) is 127 cm³/mol. The predicted octanol–water partition coefficient (Wildman–Crippen LogP) is 4.39. The van der Waals surface area contributed by atoms with Gasteiger partial charge in [0.2, 0.25) is 0 Å². The van der Waals surface area contributed by atoms with Crippen LogP contribution in [0.3, 0.4) is 0 Å². The SMILES string of the molecule is CCOC(=O)c1c(CNCS(C)(=O)=O)c2cc(F)ccc2n1Cc1cccc2ccc(F)cc12. The average Bonchev–Trinajstić information content (AvgIpc) is 3.06. The summed E-state index contributed by atoms with van der Waals surface area (Å²) in [6, 6.07) is 14.2. The molecule has 3 aromatic carbocycles. The molecule has 34 heavy (non-hydrogen) atoms. The summed E-state index contributed by atoms with van der Waals surface area (Å²) in [5.41, 5.74) is 1.97. The number of carbonyl (C=O) groups is 1. The lowest BCUT2D eigenvalue weighted by atomic mass is 10.0. The molecular formula is C25H24F2N2O4S. The number of hydrogen-bond donors (Lipinski definition) is 1. The number of hydrogen-bond acceptors (Lipinski definition) is 5. The number of rotatable bonds is 8. The van der Waals surface area contributed by atoms with Crippen molar-refractivity contribution in [3.05, 3.63) is 83.1 Å². The first kappa shape index (κ1) is 23.8. The van der Waals surface area contributed by atoms with Gasteiger partial charge in [0, 0.05) is 35.8 Å². The first-order valence-corrected chi connectivity index (χ1v) is 12.8. The highest BCUT2D eigenvalue weighted by molar-refractivity contribution is 7.90. The van der Waals surface area contributed by atoms with Crippen LogP contribution in [-0.2, 0) is 27.7 Å². The molecule has 0 unspecified atom stereocenters. The number of nitrogens with one attached hydrogen (secondary N) is 1. The van der Waals surface area contributed by atoms with Crippen LogP contribution in [0.5, 0.6) is 0 Å². The van der Waals surface area contributed by atoms with Crippen LogP contribution in [-0.4, -0.2) is 37.7 Å². The van der Waals surface area contributed by atoms with Crippen molar-refractivity contribution in [2.24, 2.45) is 0 Å². The zero-order chi connectivity index (χ0) is 24.5. The number of halogens is 2. The summed E-state index contributed by atoms with van der Waals surface area (Å²) in [7, 11) is -3.31. The number of sulfone groups is 1. The van der Waals surface area contributed by atoms with E-state index in [9.17, 15) is 22.0 Å². The molecule has 0 aliphatic rings. The van der Waals surface area contributed by atoms with Gasteiger partial charge in [0.05, 0.1) is 12.5 Å². The minimum atomic E-state index is -3.31. The maximum atomic E-state index is 14.2. The maximum absolute atomic E-state index is 14.2. The fraction of sp³-hybridized carbons (Fsp3) is 0.240. The molecule has 0 bridgehead atoms. The Balaban J connectivity index is 1.91. The summed E-state index contributed by atoms with van der Waals surface area (Å²) >= 11 is 0. The summed E-state index contributed by atoms with van der Waals surface area (Å²) in [5, 5.41) is 4.83. The Morgan fingerprint density at radius 3 is 2.44 bits per heavy atom. The van der Waals surface area contributed by atoms with Crippen molar-refractivity contribution in [1.82, 2.24) is 9.88 Å². The molecule has 178 valence electrons. The van der Waals surface area contributed by atoms with E-state index in [0.717, 1.165) is 17.2 Å². The van der Waals surface area contributed by atoms with Crippen molar-refractivity contribution in [1.29, 1.82) is 0 Å². The van der Waals surface area contributed by atoms with Gasteiger partial charge in [0.15, 0.2) is 9.84 Å². The Hall–Kier alpha value is -3.30. The monoisotopic (exact) mass is 486 g/mol. The van der Waals surface area contributed by atoms with Crippen LogP contribution in [0, 0.1) is 11.6 Å². The highest BCUT2D eigenvalue weighted by atomic mass is 32.2. The van der Waals surface area contributed by atoms with Crippen LogP contribution in [0.4, 0.5) is 8.78 Å². The van der Waals surface area contributed by atoms with Gasteiger partial charge in [-0.1, -0.05) is 24.3 Å². The third-order valence-electron chi connectivity index (χ3n) is 5.53. The minimum Gasteiger partial charge on any atom is -0.461 e. The van der Waals surface area contributed by atoms with Crippen molar-refractivity contribution in [2.75, 3.05) is 18.7 Å². The van der Waals surface area contributed by atoms with Gasteiger partial charge in [0.1, 0.15) is 17.3 Å². The van der Waals surface area contributed by atoms with E-state index in [0.29, 0.717) is 21.9 Å². The Morgan fingerprint density at radius 1 is 1.03 bits per heavy atom. The number of carbonyl (C=O) groups excluding carboxylic acids is 1. The number of benzene rings is 3. The molecule has 4 rings (SSSR count). The summed E-state index contributed by atoms with van der Waals surface area (Å²) in [6.07, 6.45) is 1.09. The number of ether oxygens (including phenoxy) is 1. The molecule has 0 spiro atoms. The molecule has 9 heteroatoms. The molecule has 6 nitrogen and oxygen atoms in total. The normalized spacial score (nSPS) is 11.9. The van der Waals surface area contributed by atoms with Crippen LogP contribution < -0.4 is 5.32 Å². The lowest BCUT2D eigenvalue weighted by Crippen LogP contribution is -2.23. The smallest absolute Gasteiger partial charge is 0.355 e. The van der Waals surface area contributed by atoms with Crippen LogP contribution in [0.1, 0.15) is 28.5 Å². The summed E-state index contributed by atoms with van der Waals surface area (Å²) in [4.78, 5) is 13.1. The number of fused-ring (bicyclic) bond motifs is 2. The van der Waals surface area contributed by atoms with E-state index in [1.807, 2.05) is 18.2 Å². The largest absolute Gasteiger partial charge is 0.461 e. The van der Waals surface area contributed by atoms with E-state index in [1.54, 1.807) is 23.6 Å². The van der Waals surface area contributed by atoms with E-state index in [1.165, 1.54) is 24.3 Å². The van der Waals surface area contributed by atoms with Gasteiger partial charge in [-0.15, -0.1) is 0 Å². The van der Waals surface area contributed by atoms with E-state index in [4.69, 9.17) is 4.74 Å². The van der Waals surface area contributed by atoms with Crippen molar-refractivity contribution in [3.63, 3.8) is 0 Å². The molecule has 1 aromatic heterocycles. The van der Waals surface area contributed by atoms with Crippen molar-refractivity contribution in [3.8, 4) is 0 Å². The molecule has 1 N–H and O–H groups in total. The quantitative estimate of drug-likeness (QED) is 0.374. The Bertz CT molecular complexity index is 1500. The highest BCUT2D eigenvalue weighted by Crippen LogP contribution is 2.30. The van der Waals surface area contributed by atoms with Crippen molar-refractivity contribution >= 4 is 37.5 Å². The molecule has 0 fully saturated rings. The standard InChI is InChI=1S/C25H24F2N2O4S/c1-3-33-25(30)24-22(13-28-15-34(2,31)32)21-12-19(27)9-10-23(21)29(24)14-17-6-4-5-16-7-8-18(26)11-20(16)17/h4-12,28H,3,13-15H2,1-2H3. The van der Waals surface area contributed by atoms with E-state index < -0.39 is 21.6 Å². The van der Waals surface area contributed by atoms with Gasteiger partial charge >= 0.3 is 5.97 Å². The van der Waals surface area contributed by atoms with Gasteiger partial charge in [-0.3, -0.25) is 5.32 Å². The minimum absolute atomic E-state index is 0.0122. The van der Waals surface area contributed by atoms with E-state index in [-0.39, 0.29) is 37.1 Å². The van der Waals surface area contributed by atoms with Gasteiger partial charge in [-0.25, -0.2) is 22.0 Å². The van der Waals surface area contributed by atoms with E-state index in [2.05, 4.69) is 5.32 Å². The summed E-state index contributed by atoms with van der Waals surface area (Å²) < 4.78 is 58.5. The fourth-order valence-corrected chi connectivity index (χ4v) is 4.62. The van der Waals surface area contributed by atoms with Gasteiger partial charge < -0.3 is 9.30 Å². The second kappa shape index (κ2) is 9.52. The second-order valence-corrected chi connectivity index (χ2v) is 10.2. The Morgan fingerprint density at radius 2 is 1.74 bits per heavy atom. The first-order chi connectivity index (χ1) is 16.2. The van der Waals surface area contributed by atoms with Crippen molar-refractivity contribution < 1.29 is 26.7 Å². The van der Waals surface area contributed by atoms with E-state index >= 15 is 0 Å². The second-order valence-electron chi connectivity index (χ2n) is 8.07. The molecule has 4 aromatic rings. The molecule has 0 radical (unpaired) electrons. The zero-order valence-electron chi connectivity index (χ0n) is 18.8. The molecule has 0 atom stereocenters. The summed E-state index contributed by atoms with van der Waals surface area (Å²) in [5.74, 6) is -1.78. The van der Waals surface area contributed by atoms with Gasteiger partial charge in [0.25, 0.3) is 0 Å². The molecule has 1 heterocycles. The molecule has 0 amide bonds. The lowest BCUT2D eigenvalue weighted by molar-refractivity contribution is 0.0513. The van der Waals surface area contributed by atoms with Crippen LogP contribution >= 0.6 is 0 Å². The zero-order valence-corrected chi connectivity index (χ0v) is 19.6. The highest BCUT2D eigenvalue weighted by Gasteiger charge is 2.25. The molecule has 0 aliphatic carbocycles. The topological polar surface area (TPSA) is 77.4 Å². The molecule has 0 saturated heterocycles. The molecular weight excluding hydrogens is 462 g/mol. The third kappa shape index (κ3) is 4.95. The lowest BCUT2D eigenvalue weighted by Gasteiger charge is -2.14. The van der Waals surface area contributed by atoms with Gasteiger partial charge in [-0.05, 0) is 53.6 Å². The first-order valence-electron chi connectivity index (χ1n) is 10.7. The third-order valence-corrected chi connectivity index (χ3v) is 6.26. The Labute approximate surface area is 196 Å². The molecule has 0 aliphatic heterocycles.